The summed E-state index contributed by atoms with van der Waals surface area (Å²) in [4.78, 5) is 54.3. The summed E-state index contributed by atoms with van der Waals surface area (Å²) in [5, 5.41) is 28.3. The Kier molecular flexibility index (Phi) is 46.9. The summed E-state index contributed by atoms with van der Waals surface area (Å²) in [5.74, 6) is -1.25. The van der Waals surface area contributed by atoms with Crippen LogP contribution in [0.25, 0.3) is 14.5 Å². The molecule has 12 unspecified atom stereocenters. The van der Waals surface area contributed by atoms with Crippen LogP contribution < -0.4 is 0 Å². The first-order chi connectivity index (χ1) is 52.7. The van der Waals surface area contributed by atoms with Crippen LogP contribution >= 0.6 is 126 Å². The second-order valence-electron chi connectivity index (χ2n) is 25.4. The monoisotopic (exact) mass is 1840 g/mol. The molecular weight excluding hydrogens is 1730 g/mol. The maximum Gasteiger partial charge on any atom is 0.330 e. The Morgan fingerprint density at radius 1 is 0.578 bits per heavy atom. The van der Waals surface area contributed by atoms with E-state index < -0.39 is 145 Å². The number of aliphatic hydroxyl groups excluding tert-OH is 3. The highest BCUT2D eigenvalue weighted by Gasteiger charge is 2.48. The number of rotatable bonds is 42. The van der Waals surface area contributed by atoms with Crippen LogP contribution in [0.4, 0.5) is 0 Å². The minimum Gasteiger partial charge on any atom is -0.459 e. The van der Waals surface area contributed by atoms with Gasteiger partial charge in [-0.1, -0.05) is 118 Å². The molecule has 6 aliphatic rings. The molecule has 6 heterocycles. The van der Waals surface area contributed by atoms with Gasteiger partial charge in [0.15, 0.2) is 0 Å². The molecule has 6 rings (SSSR count). The maximum absolute atomic E-state index is 11.6. The number of carbonyl (C=O) groups excluding carboxylic acids is 4. The molecule has 0 spiro atoms. The largest absolute Gasteiger partial charge is 0.459 e. The summed E-state index contributed by atoms with van der Waals surface area (Å²) in [7, 11) is -1.59. The zero-order valence-corrected chi connectivity index (χ0v) is 73.0. The number of ether oxygens (including phenoxy) is 11. The average Bonchev–Trinajstić information content (AvgIpc) is 1.79. The summed E-state index contributed by atoms with van der Waals surface area (Å²) in [6, 6.07) is 0.181. The van der Waals surface area contributed by atoms with Gasteiger partial charge in [0.1, 0.15) is 68.0 Å². The minimum atomic E-state index is -3.62. The quantitative estimate of drug-likeness (QED) is 0.0128. The van der Waals surface area contributed by atoms with Crippen LogP contribution in [-0.2, 0) is 131 Å². The molecule has 6 aliphatic heterocycles. The molecule has 44 heteroatoms. The molecule has 6 saturated heterocycles. The van der Waals surface area contributed by atoms with E-state index in [9.17, 15) is 29.4 Å². The lowest BCUT2D eigenvalue weighted by Gasteiger charge is -2.37. The predicted molar refractivity (Wildman–Crippen MR) is 418 cm³/mol. The van der Waals surface area contributed by atoms with Crippen LogP contribution in [0, 0.1) is 19.7 Å². The third kappa shape index (κ3) is 40.2. The molecule has 0 aromatic rings. The number of alkyl halides is 9. The predicted octanol–water partition coefficient (Wildman–Crippen LogP) is 13.1. The summed E-state index contributed by atoms with van der Waals surface area (Å²) in [6.45, 7) is 28.9. The van der Waals surface area contributed by atoms with Crippen molar-refractivity contribution >= 4 is 173 Å². The molecule has 0 bridgehead atoms. The number of hydrogen-bond acceptors (Lipinski definition) is 29. The average molecular weight is 1840 g/mol. The molecule has 30 nitrogen and oxygen atoms in total. The third-order valence-electron chi connectivity index (χ3n) is 15.6. The molecule has 0 aromatic heterocycles. The Balaban J connectivity index is 0.000000417. The fraction of sp³-hybridized carbons (Fsp3) is 0.892. The zero-order valence-electron chi connectivity index (χ0n) is 65.9. The van der Waals surface area contributed by atoms with Crippen molar-refractivity contribution in [2.75, 3.05) is 92.2 Å². The standard InChI is InChI=1S/C26H44Cl3N3O8P2S.C17H27Cl3NO7PS.C12H17Cl3O6.C10H16O5/c1-9-21-23(16-20(6)37-21)39-42(43,36-15-12-31-8)40-25(26(27,28)29)34-17-24-22(10-13-33-24)38-41(35-14-11-30-7)32(18(2)3)19(4)5;1-4-13-14(9-11(2)26-13)27-29(30,25-8-6-21-3)28-16(17(18,19)20)24-10-15-12(22)5-7-23-15;1-7(16)2-3-10(17)21-8-4-5-19-9(8)6-20-11(18)12(13,14)15;1-7(12)2-3-10(13)15-8-4-5-14-9(8)6-11/h18-25H,9-17H2,1-6H3;11-16,22H,4-10H2,1-2H3;8-9,11,18H,2-6H2,1H3;8-9,11H,2-6H2,1H3/t20-,21+,22?,23?,24+,25?,41?,42?;11-,12?,13+,14?,15+,16?,29?;8?,9-,11?;8?,9-/m0011/s1/i13T;7T;2*5T/t13-,20-,21+,22?,23?,24+,25?,41?,42?;7-,11-,12?,13+,14?,15+,16?,29?;5-,8?,9+,11?;5-,8?,9+/m0000. The smallest absolute Gasteiger partial charge is 0.330 e. The molecule has 0 amide bonds. The number of hydrogen-bond donors (Lipinski definition) is 3. The van der Waals surface area contributed by atoms with Crippen molar-refractivity contribution in [3.63, 3.8) is 0 Å². The van der Waals surface area contributed by atoms with E-state index in [1.54, 1.807) is 0 Å². The van der Waals surface area contributed by atoms with E-state index in [2.05, 4.69) is 19.2 Å². The number of carbonyl (C=O) groups is 4. The number of nitrogens with zero attached hydrogens (tertiary/aromatic N) is 4. The van der Waals surface area contributed by atoms with Gasteiger partial charge in [0, 0.05) is 70.2 Å². The summed E-state index contributed by atoms with van der Waals surface area (Å²) >= 11 is 64.6. The van der Waals surface area contributed by atoms with Crippen molar-refractivity contribution < 1.29 is 128 Å². The van der Waals surface area contributed by atoms with Crippen molar-refractivity contribution in [3.05, 3.63) is 34.3 Å². The fourth-order valence-electron chi connectivity index (χ4n) is 10.4. The number of ketones is 2. The van der Waals surface area contributed by atoms with Crippen molar-refractivity contribution in [1.29, 1.82) is 0 Å². The van der Waals surface area contributed by atoms with Crippen LogP contribution in [0.15, 0.2) is 0 Å². The molecule has 0 saturated carbocycles. The molecule has 630 valence electrons. The van der Waals surface area contributed by atoms with E-state index in [0.717, 1.165) is 0 Å². The normalized spacial score (nSPS) is 31.1. The van der Waals surface area contributed by atoms with Gasteiger partial charge in [0.25, 0.3) is 8.53 Å². The highest BCUT2D eigenvalue weighted by Crippen LogP contribution is 2.58. The zero-order chi connectivity index (χ0) is 85.4. The van der Waals surface area contributed by atoms with E-state index in [1.807, 2.05) is 55.4 Å². The van der Waals surface area contributed by atoms with Gasteiger partial charge in [-0.2, -0.15) is 0 Å². The molecule has 6 fully saturated rings. The first-order valence-electron chi connectivity index (χ1n) is 37.2. The van der Waals surface area contributed by atoms with Crippen molar-refractivity contribution in [1.82, 2.24) is 4.67 Å². The Morgan fingerprint density at radius 3 is 1.35 bits per heavy atom. The Morgan fingerprint density at radius 2 is 0.963 bits per heavy atom. The van der Waals surface area contributed by atoms with E-state index in [0.29, 0.717) is 25.7 Å². The minimum absolute atomic E-state index is 0.0271. The van der Waals surface area contributed by atoms with Gasteiger partial charge in [-0.25, -0.2) is 24.4 Å². The van der Waals surface area contributed by atoms with Crippen LogP contribution in [0.3, 0.4) is 0 Å². The lowest BCUT2D eigenvalue weighted by Crippen LogP contribution is -2.39. The number of aliphatic hydroxyl groups is 3. The Labute approximate surface area is 702 Å². The van der Waals surface area contributed by atoms with Gasteiger partial charge in [-0.05, 0) is 98.3 Å². The third-order valence-corrected chi connectivity index (χ3v) is 24.0. The molecule has 109 heavy (non-hydrogen) atoms. The van der Waals surface area contributed by atoms with E-state index in [1.165, 1.54) is 13.8 Å². The molecule has 3 N–H and O–H groups in total. The molecule has 24 atom stereocenters. The topological polar surface area (TPSA) is 321 Å². The van der Waals surface area contributed by atoms with Gasteiger partial charge in [-0.3, -0.25) is 18.6 Å². The second kappa shape index (κ2) is 53.0. The highest BCUT2D eigenvalue weighted by molar-refractivity contribution is 8.07. The molecule has 0 radical (unpaired) electrons. The van der Waals surface area contributed by atoms with Crippen molar-refractivity contribution in [2.45, 2.75) is 274 Å². The van der Waals surface area contributed by atoms with Gasteiger partial charge >= 0.3 is 25.4 Å². The van der Waals surface area contributed by atoms with Crippen LogP contribution in [0.5, 0.6) is 0 Å². The van der Waals surface area contributed by atoms with Crippen molar-refractivity contribution in [2.24, 2.45) is 0 Å². The van der Waals surface area contributed by atoms with Gasteiger partial charge in [-0.15, -0.1) is 0 Å². The first-order valence-corrected chi connectivity index (χ1v) is 44.5. The maximum atomic E-state index is 11.6. The summed E-state index contributed by atoms with van der Waals surface area (Å²) in [5.41, 5.74) is 0. The van der Waals surface area contributed by atoms with Crippen LogP contribution in [0.1, 0.15) is 152 Å². The van der Waals surface area contributed by atoms with Gasteiger partial charge in [0.05, 0.1) is 107 Å². The number of halogens is 9. The molecule has 0 aliphatic carbocycles. The van der Waals surface area contributed by atoms with E-state index in [4.69, 9.17) is 247 Å². The summed E-state index contributed by atoms with van der Waals surface area (Å²) < 4.78 is 134. The van der Waals surface area contributed by atoms with E-state index >= 15 is 0 Å². The van der Waals surface area contributed by atoms with Crippen LogP contribution in [-0.4, -0.2) is 263 Å². The second-order valence-corrected chi connectivity index (χ2v) is 39.7. The molecule has 0 aromatic carbocycles. The molecular formula is C65H104Cl9N4O26P3S2. The summed E-state index contributed by atoms with van der Waals surface area (Å²) in [6.07, 6.45) is -8.15. The fourth-order valence-corrected chi connectivity index (χ4v) is 17.9. The van der Waals surface area contributed by atoms with Gasteiger partial charge < -0.3 is 119 Å². The highest BCUT2D eigenvalue weighted by atomic mass is 35.6. The Bertz CT molecular complexity index is 3090. The van der Waals surface area contributed by atoms with Crippen LogP contribution in [0.2, 0.25) is 0 Å². The van der Waals surface area contributed by atoms with E-state index in [-0.39, 0.29) is 171 Å². The lowest BCUT2D eigenvalue weighted by atomic mass is 10.1. The van der Waals surface area contributed by atoms with Gasteiger partial charge in [0.2, 0.25) is 49.9 Å². The Hall–Kier alpha value is 0.250. The lowest BCUT2D eigenvalue weighted by molar-refractivity contribution is -0.160. The number of esters is 2. The number of Topliss-reactive ketones (excluding diaryl/α,β-unsaturated/α-hetero) is 2. The van der Waals surface area contributed by atoms with Crippen molar-refractivity contribution in [3.8, 4) is 0 Å². The SMILES string of the molecule is [3H][C@H]1CC(O)[C@@H](COC(OP(=S)(OCC[N+]#[C-])OC2C[C@H](C)O[C@@H]2CC)C(Cl)(Cl)Cl)O1.[3H][C@H]1CC(OC(=O)CCC(C)=O)[C@@H](CO)O1.[3H][C@H]1CC(OC(=O)CCC(C)=O)[C@@H](COC(O)C(Cl)(Cl)Cl)O1.[3H][C@H]1CC(OP(OCC[N+]#[C-])N(C(C)C)C(C)C)[C@@H](COC(OP(=S)(OCC[N+]#[C-])OC2C[C@H](C)O[C@@H]2CC)C(Cl)(Cl)Cl)O1. The first kappa shape index (κ1) is 96.4.